The summed E-state index contributed by atoms with van der Waals surface area (Å²) in [5.74, 6) is 0.605. The molecule has 0 unspecified atom stereocenters. The fraction of sp³-hybridized carbons (Fsp3) is 0.0435. The minimum atomic E-state index is -0.155. The molecule has 2 aromatic carbocycles. The summed E-state index contributed by atoms with van der Waals surface area (Å²) in [6.07, 6.45) is 7.20. The van der Waals surface area contributed by atoms with Gasteiger partial charge in [0.2, 0.25) is 5.91 Å². The van der Waals surface area contributed by atoms with Gasteiger partial charge in [-0.1, -0.05) is 35.9 Å². The number of carbonyl (C=O) groups excluding carboxylic acids is 1. The van der Waals surface area contributed by atoms with E-state index in [0.29, 0.717) is 10.7 Å². The van der Waals surface area contributed by atoms with Crippen molar-refractivity contribution in [2.24, 2.45) is 0 Å². The average molecular weight is 429 g/mol. The number of imidazole rings is 1. The zero-order valence-electron chi connectivity index (χ0n) is 16.3. The highest BCUT2D eigenvalue weighted by atomic mass is 35.5. The van der Waals surface area contributed by atoms with E-state index in [9.17, 15) is 4.79 Å². The topological polar surface area (TPSA) is 88.5 Å². The van der Waals surface area contributed by atoms with Crippen LogP contribution in [0.1, 0.15) is 5.56 Å². The third-order valence-corrected chi connectivity index (χ3v) is 5.15. The molecule has 31 heavy (non-hydrogen) atoms. The number of para-hydroxylation sites is 1. The van der Waals surface area contributed by atoms with Gasteiger partial charge in [-0.2, -0.15) is 5.10 Å². The van der Waals surface area contributed by atoms with Crippen molar-refractivity contribution in [2.45, 2.75) is 6.42 Å². The maximum absolute atomic E-state index is 12.4. The highest BCUT2D eigenvalue weighted by Gasteiger charge is 2.10. The van der Waals surface area contributed by atoms with Gasteiger partial charge in [0, 0.05) is 18.0 Å². The van der Waals surface area contributed by atoms with Crippen molar-refractivity contribution >= 4 is 34.2 Å². The van der Waals surface area contributed by atoms with Gasteiger partial charge >= 0.3 is 0 Å². The van der Waals surface area contributed by atoms with Crippen LogP contribution < -0.4 is 5.32 Å². The number of benzene rings is 2. The third kappa shape index (κ3) is 4.04. The van der Waals surface area contributed by atoms with Crippen LogP contribution in [-0.2, 0) is 11.2 Å². The third-order valence-electron chi connectivity index (χ3n) is 4.82. The van der Waals surface area contributed by atoms with E-state index in [-0.39, 0.29) is 12.3 Å². The Labute approximate surface area is 182 Å². The van der Waals surface area contributed by atoms with Gasteiger partial charge in [-0.15, -0.1) is 0 Å². The monoisotopic (exact) mass is 428 g/mol. The van der Waals surface area contributed by atoms with Crippen molar-refractivity contribution in [3.63, 3.8) is 0 Å². The van der Waals surface area contributed by atoms with Gasteiger partial charge in [0.05, 0.1) is 46.2 Å². The number of hydrogen-bond acceptors (Lipinski definition) is 4. The van der Waals surface area contributed by atoms with E-state index in [0.717, 1.165) is 33.7 Å². The number of H-pyrrole nitrogens is 1. The second kappa shape index (κ2) is 8.04. The molecule has 0 fully saturated rings. The number of carbonyl (C=O) groups is 1. The highest BCUT2D eigenvalue weighted by molar-refractivity contribution is 6.33. The number of pyridine rings is 1. The van der Waals surface area contributed by atoms with Crippen molar-refractivity contribution < 1.29 is 4.79 Å². The first-order chi connectivity index (χ1) is 15.2. The minimum absolute atomic E-state index is 0.155. The zero-order valence-corrected chi connectivity index (χ0v) is 17.0. The fourth-order valence-electron chi connectivity index (χ4n) is 3.32. The number of rotatable bonds is 5. The van der Waals surface area contributed by atoms with Gasteiger partial charge in [-0.3, -0.25) is 9.78 Å². The molecule has 0 saturated carbocycles. The van der Waals surface area contributed by atoms with Crippen LogP contribution in [0.3, 0.4) is 0 Å². The van der Waals surface area contributed by atoms with E-state index < -0.39 is 0 Å². The first kappa shape index (κ1) is 19.0. The number of fused-ring (bicyclic) bond motifs is 1. The molecule has 0 radical (unpaired) electrons. The molecule has 5 rings (SSSR count). The van der Waals surface area contributed by atoms with Gasteiger partial charge < -0.3 is 10.3 Å². The maximum atomic E-state index is 12.4. The molecule has 5 aromatic rings. The molecule has 1 amide bonds. The largest absolute Gasteiger partial charge is 0.337 e. The molecule has 0 bridgehead atoms. The van der Waals surface area contributed by atoms with E-state index in [2.05, 4.69) is 25.4 Å². The minimum Gasteiger partial charge on any atom is -0.337 e. The molecule has 3 heterocycles. The van der Waals surface area contributed by atoms with Crippen molar-refractivity contribution in [2.75, 3.05) is 5.32 Å². The van der Waals surface area contributed by atoms with Gasteiger partial charge in [0.1, 0.15) is 5.82 Å². The molecule has 0 spiro atoms. The van der Waals surface area contributed by atoms with E-state index in [1.807, 2.05) is 48.7 Å². The smallest absolute Gasteiger partial charge is 0.228 e. The molecule has 2 N–H and O–H groups in total. The number of aromatic nitrogens is 5. The fourth-order valence-corrected chi connectivity index (χ4v) is 3.51. The second-order valence-corrected chi connectivity index (χ2v) is 7.43. The number of nitrogens with zero attached hydrogens (tertiary/aromatic N) is 4. The number of anilines is 1. The number of amides is 1. The van der Waals surface area contributed by atoms with Crippen LogP contribution in [0.15, 0.2) is 79.4 Å². The van der Waals surface area contributed by atoms with Gasteiger partial charge in [-0.05, 0) is 35.9 Å². The van der Waals surface area contributed by atoms with Crippen LogP contribution in [0.4, 0.5) is 5.69 Å². The molecule has 8 heteroatoms. The molecule has 152 valence electrons. The molecule has 0 aliphatic rings. The Morgan fingerprint density at radius 1 is 1.10 bits per heavy atom. The van der Waals surface area contributed by atoms with Crippen LogP contribution in [0, 0.1) is 0 Å². The first-order valence-electron chi connectivity index (χ1n) is 9.64. The van der Waals surface area contributed by atoms with E-state index >= 15 is 0 Å². The van der Waals surface area contributed by atoms with Crippen LogP contribution in [0.2, 0.25) is 5.02 Å². The normalized spacial score (nSPS) is 11.0. The van der Waals surface area contributed by atoms with Gasteiger partial charge in [-0.25, -0.2) is 9.67 Å². The van der Waals surface area contributed by atoms with Crippen LogP contribution >= 0.6 is 11.6 Å². The summed E-state index contributed by atoms with van der Waals surface area (Å²) in [5, 5.41) is 7.74. The lowest BCUT2D eigenvalue weighted by molar-refractivity contribution is -0.115. The van der Waals surface area contributed by atoms with Gasteiger partial charge in [0.25, 0.3) is 0 Å². The van der Waals surface area contributed by atoms with Crippen LogP contribution in [-0.4, -0.2) is 30.6 Å². The summed E-state index contributed by atoms with van der Waals surface area (Å²) in [5.41, 5.74) is 4.94. The number of nitrogens with one attached hydrogen (secondary N) is 2. The lowest BCUT2D eigenvalue weighted by Gasteiger charge is -2.06. The molecular formula is C23H17ClN6O. The Morgan fingerprint density at radius 3 is 2.87 bits per heavy atom. The Hall–Kier alpha value is -3.97. The second-order valence-electron chi connectivity index (χ2n) is 7.03. The lowest BCUT2D eigenvalue weighted by Crippen LogP contribution is -2.14. The number of aromatic amines is 1. The summed E-state index contributed by atoms with van der Waals surface area (Å²) >= 11 is 6.10. The molecule has 0 aliphatic heterocycles. The van der Waals surface area contributed by atoms with E-state index in [1.54, 1.807) is 35.4 Å². The van der Waals surface area contributed by atoms with Crippen LogP contribution in [0.25, 0.3) is 28.1 Å². The standard InChI is InChI=1S/C23H17ClN6O/c24-18-6-1-2-7-19(18)27-22(31)10-15-12-26-30(14-15)17-5-3-4-16(11-17)23-28-20-8-9-25-13-21(20)29-23/h1-9,11-14H,10H2,(H,27,31)(H,28,29). The summed E-state index contributed by atoms with van der Waals surface area (Å²) in [6, 6.07) is 16.9. The van der Waals surface area contributed by atoms with Crippen molar-refractivity contribution in [1.29, 1.82) is 0 Å². The SMILES string of the molecule is O=C(Cc1cnn(-c2cccc(-c3nc4ccncc4[nH]3)c2)c1)Nc1ccccc1Cl. The quantitative estimate of drug-likeness (QED) is 0.426. The zero-order chi connectivity index (χ0) is 21.2. The molecule has 3 aromatic heterocycles. The lowest BCUT2D eigenvalue weighted by atomic mass is 10.2. The van der Waals surface area contributed by atoms with E-state index in [4.69, 9.17) is 11.6 Å². The molecule has 0 aliphatic carbocycles. The average Bonchev–Trinajstić information content (AvgIpc) is 3.42. The molecule has 0 saturated heterocycles. The predicted octanol–water partition coefficient (Wildman–Crippen LogP) is 4.65. The Bertz CT molecular complexity index is 1360. The van der Waals surface area contributed by atoms with Crippen molar-refractivity contribution in [3.05, 3.63) is 90.0 Å². The number of halogens is 1. The summed E-state index contributed by atoms with van der Waals surface area (Å²) in [7, 11) is 0. The molecule has 7 nitrogen and oxygen atoms in total. The summed E-state index contributed by atoms with van der Waals surface area (Å²) in [6.45, 7) is 0. The Morgan fingerprint density at radius 2 is 2.00 bits per heavy atom. The van der Waals surface area contributed by atoms with Crippen LogP contribution in [0.5, 0.6) is 0 Å². The molecule has 0 atom stereocenters. The molecular weight excluding hydrogens is 412 g/mol. The number of hydrogen-bond donors (Lipinski definition) is 2. The summed E-state index contributed by atoms with van der Waals surface area (Å²) < 4.78 is 1.74. The van der Waals surface area contributed by atoms with Gasteiger partial charge in [0.15, 0.2) is 0 Å². The summed E-state index contributed by atoms with van der Waals surface area (Å²) in [4.78, 5) is 24.4. The first-order valence-corrected chi connectivity index (χ1v) is 10.0. The maximum Gasteiger partial charge on any atom is 0.228 e. The highest BCUT2D eigenvalue weighted by Crippen LogP contribution is 2.23. The Kier molecular flexibility index (Phi) is 4.93. The van der Waals surface area contributed by atoms with E-state index in [1.165, 1.54) is 0 Å². The predicted molar refractivity (Wildman–Crippen MR) is 120 cm³/mol. The van der Waals surface area contributed by atoms with Crippen molar-refractivity contribution in [3.8, 4) is 17.1 Å². The van der Waals surface area contributed by atoms with Crippen molar-refractivity contribution in [1.82, 2.24) is 24.7 Å². The Balaban J connectivity index is 1.34.